The zero-order valence-electron chi connectivity index (χ0n) is 18.1. The summed E-state index contributed by atoms with van der Waals surface area (Å²) in [6.45, 7) is 4.50. The Morgan fingerprint density at radius 1 is 1.16 bits per heavy atom. The Morgan fingerprint density at radius 3 is 2.84 bits per heavy atom. The maximum atomic E-state index is 12.4. The summed E-state index contributed by atoms with van der Waals surface area (Å²) in [6.07, 6.45) is 3.27. The van der Waals surface area contributed by atoms with Crippen molar-refractivity contribution in [3.05, 3.63) is 65.4 Å². The number of carbonyl (C=O) groups is 1. The lowest BCUT2D eigenvalue weighted by Crippen LogP contribution is -2.31. The number of rotatable bonds is 4. The molecule has 0 aliphatic carbocycles. The molecule has 5 rings (SSSR count). The number of ether oxygens (including phenoxy) is 1. The van der Waals surface area contributed by atoms with Crippen LogP contribution < -0.4 is 15.8 Å². The van der Waals surface area contributed by atoms with E-state index < -0.39 is 0 Å². The minimum absolute atomic E-state index is 0.0616. The minimum Gasteiger partial charge on any atom is -0.493 e. The van der Waals surface area contributed by atoms with Crippen molar-refractivity contribution in [2.24, 2.45) is 10.9 Å². The van der Waals surface area contributed by atoms with Crippen molar-refractivity contribution in [3.8, 4) is 17.0 Å². The summed E-state index contributed by atoms with van der Waals surface area (Å²) in [5.41, 5.74) is 12.5. The van der Waals surface area contributed by atoms with Crippen molar-refractivity contribution in [2.75, 3.05) is 12.3 Å². The summed E-state index contributed by atoms with van der Waals surface area (Å²) in [7, 11) is 0. The van der Waals surface area contributed by atoms with Gasteiger partial charge in [0.1, 0.15) is 5.75 Å². The number of amides is 1. The third-order valence-corrected chi connectivity index (χ3v) is 5.81. The van der Waals surface area contributed by atoms with Gasteiger partial charge >= 0.3 is 0 Å². The Bertz CT molecular complexity index is 1230. The van der Waals surface area contributed by atoms with Crippen LogP contribution in [0.3, 0.4) is 0 Å². The van der Waals surface area contributed by atoms with E-state index >= 15 is 0 Å². The van der Waals surface area contributed by atoms with Gasteiger partial charge in [-0.2, -0.15) is 0 Å². The number of hydrogen-bond donors (Lipinski definition) is 2. The number of fused-ring (bicyclic) bond motifs is 2. The summed E-state index contributed by atoms with van der Waals surface area (Å²) in [5.74, 6) is 1.22. The number of aromatic nitrogens is 2. The number of carbonyl (C=O) groups excluding carboxylic acids is 1. The van der Waals surface area contributed by atoms with Gasteiger partial charge in [-0.25, -0.2) is 9.97 Å². The van der Waals surface area contributed by atoms with Crippen molar-refractivity contribution in [2.45, 2.75) is 32.7 Å². The van der Waals surface area contributed by atoms with E-state index in [9.17, 15) is 4.79 Å². The van der Waals surface area contributed by atoms with Gasteiger partial charge < -0.3 is 15.8 Å². The molecule has 3 heterocycles. The number of nitrogen functional groups attached to an aromatic ring is 1. The van der Waals surface area contributed by atoms with Gasteiger partial charge in [0.25, 0.3) is 5.91 Å². The predicted molar refractivity (Wildman–Crippen MR) is 124 cm³/mol. The SMILES string of the molecule is CC(C)NC(=O)c1ccc2c(c1)CC(C1=Nc3cc(-c4ccnc(N)n4)ccc3C1)CO2. The summed E-state index contributed by atoms with van der Waals surface area (Å²) in [6, 6.07) is 13.8. The molecule has 0 fully saturated rings. The Morgan fingerprint density at radius 2 is 2.03 bits per heavy atom. The quantitative estimate of drug-likeness (QED) is 0.660. The molecule has 0 spiro atoms. The van der Waals surface area contributed by atoms with Gasteiger partial charge in [-0.15, -0.1) is 0 Å². The fourth-order valence-electron chi connectivity index (χ4n) is 4.23. The van der Waals surface area contributed by atoms with Crippen LogP contribution in [0.25, 0.3) is 11.3 Å². The molecule has 32 heavy (non-hydrogen) atoms. The first kappa shape index (κ1) is 20.2. The molecule has 162 valence electrons. The molecule has 7 heteroatoms. The van der Waals surface area contributed by atoms with E-state index in [0.29, 0.717) is 12.2 Å². The Labute approximate surface area is 186 Å². The molecule has 0 bridgehead atoms. The summed E-state index contributed by atoms with van der Waals surface area (Å²) in [5, 5.41) is 2.95. The van der Waals surface area contributed by atoms with Crippen LogP contribution in [0.2, 0.25) is 0 Å². The standard InChI is InChI=1S/C25H25N5O2/c1-14(2)28-24(31)17-5-6-23-18(9-17)10-19(13-32-23)22-12-16-4-3-15(11-21(16)29-22)20-7-8-27-25(26)30-20/h3-9,11,14,19H,10,12-13H2,1-2H3,(H,28,31)(H2,26,27,30). The van der Waals surface area contributed by atoms with Crippen LogP contribution in [-0.2, 0) is 12.8 Å². The molecule has 0 saturated carbocycles. The highest BCUT2D eigenvalue weighted by atomic mass is 16.5. The van der Waals surface area contributed by atoms with Gasteiger partial charge in [-0.05, 0) is 61.7 Å². The van der Waals surface area contributed by atoms with Crippen molar-refractivity contribution in [3.63, 3.8) is 0 Å². The van der Waals surface area contributed by atoms with E-state index in [1.54, 1.807) is 6.20 Å². The molecule has 1 aromatic heterocycles. The van der Waals surface area contributed by atoms with Crippen LogP contribution in [0, 0.1) is 5.92 Å². The molecule has 2 aliphatic heterocycles. The Kier molecular flexibility index (Phi) is 5.09. The monoisotopic (exact) mass is 427 g/mol. The van der Waals surface area contributed by atoms with Gasteiger partial charge in [0.05, 0.1) is 18.0 Å². The summed E-state index contributed by atoms with van der Waals surface area (Å²) < 4.78 is 6.03. The molecule has 0 saturated heterocycles. The fraction of sp³-hybridized carbons (Fsp3) is 0.280. The van der Waals surface area contributed by atoms with E-state index in [0.717, 1.165) is 46.8 Å². The molecule has 2 aliphatic rings. The van der Waals surface area contributed by atoms with Gasteiger partial charge in [0.2, 0.25) is 5.95 Å². The van der Waals surface area contributed by atoms with Crippen molar-refractivity contribution >= 4 is 23.3 Å². The lowest BCUT2D eigenvalue weighted by atomic mass is 9.89. The molecule has 7 nitrogen and oxygen atoms in total. The zero-order chi connectivity index (χ0) is 22.2. The van der Waals surface area contributed by atoms with E-state index in [1.807, 2.05) is 44.2 Å². The summed E-state index contributed by atoms with van der Waals surface area (Å²) in [4.78, 5) is 25.6. The zero-order valence-corrected chi connectivity index (χ0v) is 18.1. The number of aliphatic imine (C=N–C) groups is 1. The molecular weight excluding hydrogens is 402 g/mol. The molecule has 1 amide bonds. The number of nitrogens with one attached hydrogen (secondary N) is 1. The fourth-order valence-corrected chi connectivity index (χ4v) is 4.23. The highest BCUT2D eigenvalue weighted by Crippen LogP contribution is 2.36. The van der Waals surface area contributed by atoms with Crippen LogP contribution >= 0.6 is 0 Å². The van der Waals surface area contributed by atoms with Crippen molar-refractivity contribution in [1.82, 2.24) is 15.3 Å². The Balaban J connectivity index is 1.37. The van der Waals surface area contributed by atoms with Crippen molar-refractivity contribution in [1.29, 1.82) is 0 Å². The largest absolute Gasteiger partial charge is 0.493 e. The third kappa shape index (κ3) is 3.93. The highest BCUT2D eigenvalue weighted by molar-refractivity contribution is 5.97. The first-order valence-electron chi connectivity index (χ1n) is 10.8. The van der Waals surface area contributed by atoms with Gasteiger partial charge in [0, 0.05) is 41.4 Å². The average Bonchev–Trinajstić information content (AvgIpc) is 3.21. The van der Waals surface area contributed by atoms with E-state index in [1.165, 1.54) is 5.56 Å². The maximum absolute atomic E-state index is 12.4. The van der Waals surface area contributed by atoms with E-state index in [2.05, 4.69) is 27.4 Å². The lowest BCUT2D eigenvalue weighted by Gasteiger charge is -2.26. The van der Waals surface area contributed by atoms with Gasteiger partial charge in [-0.1, -0.05) is 12.1 Å². The molecule has 1 unspecified atom stereocenters. The maximum Gasteiger partial charge on any atom is 0.251 e. The number of benzene rings is 2. The summed E-state index contributed by atoms with van der Waals surface area (Å²) >= 11 is 0. The molecule has 3 aromatic rings. The topological polar surface area (TPSA) is 102 Å². The van der Waals surface area contributed by atoms with Crippen LogP contribution in [0.1, 0.15) is 35.3 Å². The lowest BCUT2D eigenvalue weighted by molar-refractivity contribution is 0.0943. The first-order chi connectivity index (χ1) is 15.5. The number of nitrogens with two attached hydrogens (primary N) is 1. The van der Waals surface area contributed by atoms with Crippen LogP contribution in [0.15, 0.2) is 53.7 Å². The van der Waals surface area contributed by atoms with E-state index in [4.69, 9.17) is 15.5 Å². The number of nitrogens with zero attached hydrogens (tertiary/aromatic N) is 3. The molecular formula is C25H25N5O2. The predicted octanol–water partition coefficient (Wildman–Crippen LogP) is 3.74. The Hall–Kier alpha value is -3.74. The molecule has 2 aromatic carbocycles. The second-order valence-corrected chi connectivity index (χ2v) is 8.59. The van der Waals surface area contributed by atoms with Crippen LogP contribution in [0.4, 0.5) is 11.6 Å². The molecule has 3 N–H and O–H groups in total. The number of hydrogen-bond acceptors (Lipinski definition) is 6. The van der Waals surface area contributed by atoms with E-state index in [-0.39, 0.29) is 23.8 Å². The molecule has 0 radical (unpaired) electrons. The first-order valence-corrected chi connectivity index (χ1v) is 10.8. The highest BCUT2D eigenvalue weighted by Gasteiger charge is 2.28. The smallest absolute Gasteiger partial charge is 0.251 e. The number of anilines is 1. The minimum atomic E-state index is -0.0616. The average molecular weight is 428 g/mol. The van der Waals surface area contributed by atoms with Crippen LogP contribution in [0.5, 0.6) is 5.75 Å². The second-order valence-electron chi connectivity index (χ2n) is 8.59. The van der Waals surface area contributed by atoms with Gasteiger partial charge in [-0.3, -0.25) is 9.79 Å². The second kappa shape index (κ2) is 8.07. The third-order valence-electron chi connectivity index (χ3n) is 5.81. The van der Waals surface area contributed by atoms with Crippen molar-refractivity contribution < 1.29 is 9.53 Å². The molecule has 1 atom stereocenters. The normalized spacial score (nSPS) is 16.7. The van der Waals surface area contributed by atoms with Gasteiger partial charge in [0.15, 0.2) is 0 Å². The van der Waals surface area contributed by atoms with Crippen LogP contribution in [-0.4, -0.2) is 34.2 Å².